The molecule has 1 aromatic carbocycles. The maximum absolute atomic E-state index is 11.9. The van der Waals surface area contributed by atoms with E-state index in [1.165, 1.54) is 10.5 Å². The number of aryl methyl sites for hydroxylation is 1. The summed E-state index contributed by atoms with van der Waals surface area (Å²) in [5.41, 5.74) is 1.24. The van der Waals surface area contributed by atoms with Crippen molar-refractivity contribution in [3.63, 3.8) is 0 Å². The first-order valence-electron chi connectivity index (χ1n) is 7.30. The molecule has 0 aromatic heterocycles. The summed E-state index contributed by atoms with van der Waals surface area (Å²) in [5.74, 6) is 0.845. The first-order valence-corrected chi connectivity index (χ1v) is 8.29. The van der Waals surface area contributed by atoms with E-state index < -0.39 is 6.10 Å². The second kappa shape index (κ2) is 7.70. The van der Waals surface area contributed by atoms with Crippen LogP contribution in [-0.4, -0.2) is 40.9 Å². The predicted molar refractivity (Wildman–Crippen MR) is 83.0 cm³/mol. The first kappa shape index (κ1) is 15.4. The summed E-state index contributed by atoms with van der Waals surface area (Å²) in [6.07, 6.45) is 2.87. The highest BCUT2D eigenvalue weighted by molar-refractivity contribution is 7.99. The summed E-state index contributed by atoms with van der Waals surface area (Å²) in [6.45, 7) is 3.85. The van der Waals surface area contributed by atoms with Crippen LogP contribution < -0.4 is 0 Å². The molecule has 1 fully saturated rings. The van der Waals surface area contributed by atoms with E-state index in [9.17, 15) is 9.90 Å². The van der Waals surface area contributed by atoms with E-state index in [4.69, 9.17) is 0 Å². The number of amides is 1. The largest absolute Gasteiger partial charge is 0.392 e. The van der Waals surface area contributed by atoms with Gasteiger partial charge in [0.05, 0.1) is 6.10 Å². The van der Waals surface area contributed by atoms with Crippen molar-refractivity contribution >= 4 is 17.7 Å². The van der Waals surface area contributed by atoms with Crippen LogP contribution in [0.2, 0.25) is 0 Å². The molecule has 0 bridgehead atoms. The molecular weight excluding hydrogens is 270 g/mol. The number of thioether (sulfide) groups is 1. The van der Waals surface area contributed by atoms with Crippen molar-refractivity contribution in [2.24, 2.45) is 0 Å². The van der Waals surface area contributed by atoms with Crippen LogP contribution in [0.1, 0.15) is 31.2 Å². The fourth-order valence-electron chi connectivity index (χ4n) is 2.32. The lowest BCUT2D eigenvalue weighted by Crippen LogP contribution is -2.28. The number of carbonyl (C=O) groups is 1. The fourth-order valence-corrected chi connectivity index (χ4v) is 3.21. The molecule has 1 heterocycles. The van der Waals surface area contributed by atoms with E-state index in [-0.39, 0.29) is 5.91 Å². The number of likely N-dealkylation sites (tertiary alicyclic amines) is 1. The van der Waals surface area contributed by atoms with Crippen molar-refractivity contribution < 1.29 is 9.90 Å². The molecule has 0 aliphatic carbocycles. The molecule has 1 aliphatic heterocycles. The molecule has 1 atom stereocenters. The normalized spacial score (nSPS) is 16.4. The van der Waals surface area contributed by atoms with Crippen LogP contribution in [0, 0.1) is 6.92 Å². The lowest BCUT2D eigenvalue weighted by Gasteiger charge is -2.16. The summed E-state index contributed by atoms with van der Waals surface area (Å²) in [5, 5.41) is 9.97. The Morgan fingerprint density at radius 2 is 1.95 bits per heavy atom. The van der Waals surface area contributed by atoms with Crippen molar-refractivity contribution in [1.82, 2.24) is 4.90 Å². The molecule has 110 valence electrons. The zero-order valence-electron chi connectivity index (χ0n) is 12.0. The van der Waals surface area contributed by atoms with Crippen molar-refractivity contribution in [2.75, 3.05) is 18.8 Å². The Hall–Kier alpha value is -1.00. The summed E-state index contributed by atoms with van der Waals surface area (Å²) < 4.78 is 0. The minimum atomic E-state index is -0.409. The standard InChI is InChI=1S/C16H23NO2S/c1-13-4-7-15(8-5-13)20-12-14(18)6-9-16(19)17-10-2-3-11-17/h4-5,7-8,14,18H,2-3,6,9-12H2,1H3. The number of hydrogen-bond donors (Lipinski definition) is 1. The molecule has 1 unspecified atom stereocenters. The Bertz CT molecular complexity index is 427. The third-order valence-corrected chi connectivity index (χ3v) is 4.77. The SMILES string of the molecule is Cc1ccc(SCC(O)CCC(=O)N2CCCC2)cc1. The number of hydrogen-bond acceptors (Lipinski definition) is 3. The quantitative estimate of drug-likeness (QED) is 0.820. The molecular formula is C16H23NO2S. The Morgan fingerprint density at radius 3 is 2.60 bits per heavy atom. The third-order valence-electron chi connectivity index (χ3n) is 3.61. The Morgan fingerprint density at radius 1 is 1.30 bits per heavy atom. The molecule has 1 aromatic rings. The number of aliphatic hydroxyl groups is 1. The molecule has 20 heavy (non-hydrogen) atoms. The highest BCUT2D eigenvalue weighted by Crippen LogP contribution is 2.20. The van der Waals surface area contributed by atoms with Gasteiger partial charge in [-0.3, -0.25) is 4.79 Å². The fraction of sp³-hybridized carbons (Fsp3) is 0.562. The zero-order chi connectivity index (χ0) is 14.4. The number of nitrogens with zero attached hydrogens (tertiary/aromatic N) is 1. The van der Waals surface area contributed by atoms with Gasteiger partial charge in [-0.05, 0) is 38.3 Å². The van der Waals surface area contributed by atoms with Gasteiger partial charge in [0, 0.05) is 30.2 Å². The van der Waals surface area contributed by atoms with Gasteiger partial charge in [0.2, 0.25) is 5.91 Å². The van der Waals surface area contributed by atoms with Crippen molar-refractivity contribution in [2.45, 2.75) is 43.6 Å². The van der Waals surface area contributed by atoms with Crippen LogP contribution in [0.4, 0.5) is 0 Å². The van der Waals surface area contributed by atoms with Crippen LogP contribution in [-0.2, 0) is 4.79 Å². The first-order chi connectivity index (χ1) is 9.65. The minimum Gasteiger partial charge on any atom is -0.392 e. The highest BCUT2D eigenvalue weighted by atomic mass is 32.2. The van der Waals surface area contributed by atoms with Gasteiger partial charge in [0.15, 0.2) is 0 Å². The average Bonchev–Trinajstić information content (AvgIpc) is 2.98. The molecule has 1 saturated heterocycles. The van der Waals surface area contributed by atoms with E-state index in [1.54, 1.807) is 11.8 Å². The number of aliphatic hydroxyl groups excluding tert-OH is 1. The van der Waals surface area contributed by atoms with Gasteiger partial charge >= 0.3 is 0 Å². The Kier molecular flexibility index (Phi) is 5.92. The van der Waals surface area contributed by atoms with Crippen molar-refractivity contribution in [1.29, 1.82) is 0 Å². The van der Waals surface area contributed by atoms with Gasteiger partial charge in [-0.2, -0.15) is 0 Å². The molecule has 4 heteroatoms. The summed E-state index contributed by atoms with van der Waals surface area (Å²) in [6, 6.07) is 8.29. The second-order valence-corrected chi connectivity index (χ2v) is 6.50. The maximum Gasteiger partial charge on any atom is 0.222 e. The summed E-state index contributed by atoms with van der Waals surface area (Å²) in [4.78, 5) is 15.0. The highest BCUT2D eigenvalue weighted by Gasteiger charge is 2.18. The van der Waals surface area contributed by atoms with Crippen LogP contribution in [0.25, 0.3) is 0 Å². The second-order valence-electron chi connectivity index (χ2n) is 5.40. The summed E-state index contributed by atoms with van der Waals surface area (Å²) >= 11 is 1.65. The monoisotopic (exact) mass is 293 g/mol. The van der Waals surface area contributed by atoms with E-state index in [2.05, 4.69) is 31.2 Å². The topological polar surface area (TPSA) is 40.5 Å². The molecule has 0 radical (unpaired) electrons. The Balaban J connectivity index is 1.66. The predicted octanol–water partition coefficient (Wildman–Crippen LogP) is 2.85. The molecule has 0 saturated carbocycles. The zero-order valence-corrected chi connectivity index (χ0v) is 12.9. The lowest BCUT2D eigenvalue weighted by atomic mass is 10.2. The lowest BCUT2D eigenvalue weighted by molar-refractivity contribution is -0.130. The molecule has 1 aliphatic rings. The third kappa shape index (κ3) is 4.84. The van der Waals surface area contributed by atoms with E-state index >= 15 is 0 Å². The molecule has 0 spiro atoms. The van der Waals surface area contributed by atoms with Crippen LogP contribution in [0.3, 0.4) is 0 Å². The maximum atomic E-state index is 11.9. The molecule has 2 rings (SSSR count). The average molecular weight is 293 g/mol. The molecule has 1 amide bonds. The van der Waals surface area contributed by atoms with Gasteiger partial charge in [-0.1, -0.05) is 17.7 Å². The number of rotatable bonds is 6. The van der Waals surface area contributed by atoms with Gasteiger partial charge in [-0.25, -0.2) is 0 Å². The van der Waals surface area contributed by atoms with E-state index in [1.807, 2.05) is 4.90 Å². The van der Waals surface area contributed by atoms with Crippen LogP contribution in [0.5, 0.6) is 0 Å². The van der Waals surface area contributed by atoms with E-state index in [0.29, 0.717) is 18.6 Å². The van der Waals surface area contributed by atoms with Gasteiger partial charge < -0.3 is 10.0 Å². The number of carbonyl (C=O) groups excluding carboxylic acids is 1. The summed E-state index contributed by atoms with van der Waals surface area (Å²) in [7, 11) is 0. The molecule has 3 nitrogen and oxygen atoms in total. The number of benzene rings is 1. The molecule has 1 N–H and O–H groups in total. The smallest absolute Gasteiger partial charge is 0.222 e. The van der Waals surface area contributed by atoms with Gasteiger partial charge in [0.25, 0.3) is 0 Å². The minimum absolute atomic E-state index is 0.196. The van der Waals surface area contributed by atoms with Gasteiger partial charge in [0.1, 0.15) is 0 Å². The van der Waals surface area contributed by atoms with Crippen LogP contribution >= 0.6 is 11.8 Å². The van der Waals surface area contributed by atoms with Crippen LogP contribution in [0.15, 0.2) is 29.2 Å². The Labute approximate surface area is 125 Å². The van der Waals surface area contributed by atoms with Crippen molar-refractivity contribution in [3.05, 3.63) is 29.8 Å². The van der Waals surface area contributed by atoms with Crippen molar-refractivity contribution in [3.8, 4) is 0 Å². The van der Waals surface area contributed by atoms with E-state index in [0.717, 1.165) is 25.9 Å². The van der Waals surface area contributed by atoms with Gasteiger partial charge in [-0.15, -0.1) is 11.8 Å².